The molecule has 0 spiro atoms. The second-order valence-corrected chi connectivity index (χ2v) is 7.50. The lowest BCUT2D eigenvalue weighted by molar-refractivity contribution is 0.102. The van der Waals surface area contributed by atoms with Gasteiger partial charge in [0.1, 0.15) is 23.3 Å². The third-order valence-electron chi connectivity index (χ3n) is 4.81. The van der Waals surface area contributed by atoms with Gasteiger partial charge in [-0.2, -0.15) is 0 Å². The van der Waals surface area contributed by atoms with Gasteiger partial charge in [0.2, 0.25) is 0 Å². The molecule has 3 N–H and O–H groups in total. The standard InChI is InChI=1S/C25H24N6O/c1-16-12-13-26-22(14-16)31-24-15-23(27-18(3)28-24)29-19-8-10-20(11-9-19)30-25(32)21-7-5-4-6-17(21)2/h4-15H,1-3H3,(H,30,32)(H2,26,27,28,29,31). The minimum Gasteiger partial charge on any atom is -0.340 e. The van der Waals surface area contributed by atoms with Gasteiger partial charge in [-0.25, -0.2) is 15.0 Å². The van der Waals surface area contributed by atoms with Crippen molar-refractivity contribution >= 4 is 34.7 Å². The SMILES string of the molecule is Cc1ccnc(Nc2cc(Nc3ccc(NC(=O)c4ccccc4C)cc3)nc(C)n2)c1. The fraction of sp³-hybridized carbons (Fsp3) is 0.120. The van der Waals surface area contributed by atoms with Gasteiger partial charge in [0.15, 0.2) is 0 Å². The Kier molecular flexibility index (Phi) is 6.07. The maximum atomic E-state index is 12.5. The van der Waals surface area contributed by atoms with Crippen molar-refractivity contribution in [2.45, 2.75) is 20.8 Å². The van der Waals surface area contributed by atoms with Gasteiger partial charge in [-0.3, -0.25) is 4.79 Å². The van der Waals surface area contributed by atoms with E-state index in [0.717, 1.165) is 28.3 Å². The van der Waals surface area contributed by atoms with Gasteiger partial charge in [0, 0.05) is 29.2 Å². The monoisotopic (exact) mass is 424 g/mol. The summed E-state index contributed by atoms with van der Waals surface area (Å²) in [5, 5.41) is 9.42. The minimum atomic E-state index is -0.129. The van der Waals surface area contributed by atoms with Crippen molar-refractivity contribution in [2.24, 2.45) is 0 Å². The Morgan fingerprint density at radius 2 is 1.44 bits per heavy atom. The lowest BCUT2D eigenvalue weighted by Gasteiger charge is -2.11. The largest absolute Gasteiger partial charge is 0.340 e. The van der Waals surface area contributed by atoms with E-state index in [4.69, 9.17) is 0 Å². The number of carbonyl (C=O) groups is 1. The van der Waals surface area contributed by atoms with Crippen LogP contribution in [-0.4, -0.2) is 20.9 Å². The summed E-state index contributed by atoms with van der Waals surface area (Å²) in [5.41, 5.74) is 4.27. The van der Waals surface area contributed by atoms with Crippen LogP contribution >= 0.6 is 0 Å². The van der Waals surface area contributed by atoms with Gasteiger partial charge in [-0.05, 0) is 74.4 Å². The van der Waals surface area contributed by atoms with Crippen molar-refractivity contribution in [1.82, 2.24) is 15.0 Å². The van der Waals surface area contributed by atoms with Crippen LogP contribution in [0.3, 0.4) is 0 Å². The molecule has 0 bridgehead atoms. The Bertz CT molecular complexity index is 1250. The van der Waals surface area contributed by atoms with Crippen LogP contribution in [0.5, 0.6) is 0 Å². The highest BCUT2D eigenvalue weighted by Crippen LogP contribution is 2.22. The molecule has 1 amide bonds. The molecule has 0 saturated carbocycles. The molecule has 0 aliphatic rings. The lowest BCUT2D eigenvalue weighted by Crippen LogP contribution is -2.13. The minimum absolute atomic E-state index is 0.129. The molecule has 0 aliphatic heterocycles. The van der Waals surface area contributed by atoms with Crippen molar-refractivity contribution < 1.29 is 4.79 Å². The molecule has 0 fully saturated rings. The number of aromatic nitrogens is 3. The number of anilines is 5. The first-order valence-electron chi connectivity index (χ1n) is 10.3. The van der Waals surface area contributed by atoms with E-state index >= 15 is 0 Å². The summed E-state index contributed by atoms with van der Waals surface area (Å²) in [7, 11) is 0. The first kappa shape index (κ1) is 21.0. The maximum absolute atomic E-state index is 12.5. The second-order valence-electron chi connectivity index (χ2n) is 7.50. The van der Waals surface area contributed by atoms with E-state index in [-0.39, 0.29) is 5.91 Å². The number of benzene rings is 2. The molecule has 4 rings (SSSR count). The average Bonchev–Trinajstić information content (AvgIpc) is 2.75. The summed E-state index contributed by atoms with van der Waals surface area (Å²) in [5.74, 6) is 2.54. The Hall–Kier alpha value is -4.26. The van der Waals surface area contributed by atoms with Gasteiger partial charge >= 0.3 is 0 Å². The number of rotatable bonds is 6. The van der Waals surface area contributed by atoms with Gasteiger partial charge in [0.25, 0.3) is 5.91 Å². The zero-order valence-corrected chi connectivity index (χ0v) is 18.2. The van der Waals surface area contributed by atoms with E-state index in [1.165, 1.54) is 0 Å². The van der Waals surface area contributed by atoms with Crippen LogP contribution in [0, 0.1) is 20.8 Å². The van der Waals surface area contributed by atoms with Crippen LogP contribution < -0.4 is 16.0 Å². The Labute approximate surface area is 187 Å². The van der Waals surface area contributed by atoms with E-state index < -0.39 is 0 Å². The van der Waals surface area contributed by atoms with Crippen LogP contribution in [0.25, 0.3) is 0 Å². The number of nitrogens with one attached hydrogen (secondary N) is 3. The zero-order valence-electron chi connectivity index (χ0n) is 18.2. The molecule has 0 unspecified atom stereocenters. The number of hydrogen-bond donors (Lipinski definition) is 3. The molecule has 2 aromatic heterocycles. The van der Waals surface area contributed by atoms with Gasteiger partial charge in [0.05, 0.1) is 0 Å². The number of carbonyl (C=O) groups excluding carboxylic acids is 1. The molecule has 160 valence electrons. The number of aryl methyl sites for hydroxylation is 3. The highest BCUT2D eigenvalue weighted by Gasteiger charge is 2.09. The summed E-state index contributed by atoms with van der Waals surface area (Å²) < 4.78 is 0. The quantitative estimate of drug-likeness (QED) is 0.377. The first-order valence-corrected chi connectivity index (χ1v) is 10.3. The van der Waals surface area contributed by atoms with Crippen molar-refractivity contribution in [2.75, 3.05) is 16.0 Å². The van der Waals surface area contributed by atoms with E-state index in [2.05, 4.69) is 30.9 Å². The third-order valence-corrected chi connectivity index (χ3v) is 4.81. The van der Waals surface area contributed by atoms with Crippen molar-refractivity contribution in [1.29, 1.82) is 0 Å². The highest BCUT2D eigenvalue weighted by molar-refractivity contribution is 6.05. The average molecular weight is 425 g/mol. The molecule has 0 radical (unpaired) electrons. The molecule has 4 aromatic rings. The summed E-state index contributed by atoms with van der Waals surface area (Å²) in [6.07, 6.45) is 1.75. The summed E-state index contributed by atoms with van der Waals surface area (Å²) in [4.78, 5) is 25.7. The predicted octanol–water partition coefficient (Wildman–Crippen LogP) is 5.54. The number of nitrogens with zero attached hydrogens (tertiary/aromatic N) is 3. The van der Waals surface area contributed by atoms with Crippen LogP contribution in [0.2, 0.25) is 0 Å². The zero-order chi connectivity index (χ0) is 22.5. The summed E-state index contributed by atoms with van der Waals surface area (Å²) >= 11 is 0. The van der Waals surface area contributed by atoms with E-state index in [9.17, 15) is 4.79 Å². The normalized spacial score (nSPS) is 10.5. The second kappa shape index (κ2) is 9.26. The predicted molar refractivity (Wildman–Crippen MR) is 128 cm³/mol. The first-order chi connectivity index (χ1) is 15.5. The Balaban J connectivity index is 1.44. The van der Waals surface area contributed by atoms with Crippen LogP contribution in [-0.2, 0) is 0 Å². The number of amides is 1. The number of hydrogen-bond acceptors (Lipinski definition) is 6. The fourth-order valence-electron chi connectivity index (χ4n) is 3.24. The smallest absolute Gasteiger partial charge is 0.255 e. The van der Waals surface area contributed by atoms with Crippen LogP contribution in [0.4, 0.5) is 28.8 Å². The van der Waals surface area contributed by atoms with Crippen LogP contribution in [0.15, 0.2) is 72.9 Å². The highest BCUT2D eigenvalue weighted by atomic mass is 16.1. The topological polar surface area (TPSA) is 91.8 Å². The van der Waals surface area contributed by atoms with Gasteiger partial charge < -0.3 is 16.0 Å². The molecular formula is C25H24N6O. The van der Waals surface area contributed by atoms with Crippen molar-refractivity contribution in [3.8, 4) is 0 Å². The summed E-state index contributed by atoms with van der Waals surface area (Å²) in [6.45, 7) is 5.77. The molecule has 0 saturated heterocycles. The third kappa shape index (κ3) is 5.26. The van der Waals surface area contributed by atoms with Crippen molar-refractivity contribution in [3.63, 3.8) is 0 Å². The van der Waals surface area contributed by atoms with E-state index in [1.807, 2.05) is 87.5 Å². The molecule has 7 nitrogen and oxygen atoms in total. The Morgan fingerprint density at radius 1 is 0.750 bits per heavy atom. The molecule has 7 heteroatoms. The van der Waals surface area contributed by atoms with Crippen LogP contribution in [0.1, 0.15) is 27.3 Å². The van der Waals surface area contributed by atoms with Gasteiger partial charge in [-0.1, -0.05) is 18.2 Å². The van der Waals surface area contributed by atoms with E-state index in [0.29, 0.717) is 23.0 Å². The van der Waals surface area contributed by atoms with Gasteiger partial charge in [-0.15, -0.1) is 0 Å². The molecule has 0 aliphatic carbocycles. The Morgan fingerprint density at radius 3 is 2.16 bits per heavy atom. The van der Waals surface area contributed by atoms with Crippen molar-refractivity contribution in [3.05, 3.63) is 95.4 Å². The molecule has 2 aromatic carbocycles. The maximum Gasteiger partial charge on any atom is 0.255 e. The van der Waals surface area contributed by atoms with E-state index in [1.54, 1.807) is 6.20 Å². The molecular weight excluding hydrogens is 400 g/mol. The fourth-order valence-corrected chi connectivity index (χ4v) is 3.24. The molecule has 0 atom stereocenters. The molecule has 32 heavy (non-hydrogen) atoms. The molecule has 2 heterocycles. The number of pyridine rings is 1. The lowest BCUT2D eigenvalue weighted by atomic mass is 10.1. The summed E-state index contributed by atoms with van der Waals surface area (Å²) in [6, 6.07) is 20.7.